The van der Waals surface area contributed by atoms with Crippen molar-refractivity contribution in [2.75, 3.05) is 33.3 Å². The van der Waals surface area contributed by atoms with Gasteiger partial charge in [0.1, 0.15) is 12.4 Å². The Morgan fingerprint density at radius 2 is 2.24 bits per heavy atom. The third-order valence-corrected chi connectivity index (χ3v) is 3.10. The summed E-state index contributed by atoms with van der Waals surface area (Å²) in [5, 5.41) is 3.14. The van der Waals surface area contributed by atoms with E-state index in [9.17, 15) is 0 Å². The minimum atomic E-state index is 0.752. The van der Waals surface area contributed by atoms with Crippen molar-refractivity contribution >= 4 is 0 Å². The fraction of sp³-hybridized carbons (Fsp3) is 0.615. The Balaban J connectivity index is 1.80. The highest BCUT2D eigenvalue weighted by Crippen LogP contribution is 2.16. The van der Waals surface area contributed by atoms with Crippen molar-refractivity contribution in [1.29, 1.82) is 0 Å². The normalized spacial score (nSPS) is 16.3. The third kappa shape index (κ3) is 3.68. The molecule has 0 amide bonds. The van der Waals surface area contributed by atoms with Crippen molar-refractivity contribution in [3.8, 4) is 5.75 Å². The molecule has 1 N–H and O–H groups in total. The van der Waals surface area contributed by atoms with E-state index in [4.69, 9.17) is 4.74 Å². The Kier molecular flexibility index (Phi) is 4.76. The summed E-state index contributed by atoms with van der Waals surface area (Å²) in [4.78, 5) is 6.56. The SMILES string of the molecule is CNCc1ccncc1OCCN1CCCC1. The Bertz CT molecular complexity index is 337. The molecule has 0 aliphatic carbocycles. The van der Waals surface area contributed by atoms with Gasteiger partial charge in [0.05, 0.1) is 6.20 Å². The predicted octanol–water partition coefficient (Wildman–Crippen LogP) is 1.28. The Hall–Kier alpha value is -1.13. The second kappa shape index (κ2) is 6.57. The molecule has 2 heterocycles. The lowest BCUT2D eigenvalue weighted by Crippen LogP contribution is -2.25. The molecule has 17 heavy (non-hydrogen) atoms. The number of ether oxygens (including phenoxy) is 1. The Labute approximate surface area is 103 Å². The van der Waals surface area contributed by atoms with E-state index in [-0.39, 0.29) is 0 Å². The van der Waals surface area contributed by atoms with Crippen molar-refractivity contribution in [3.05, 3.63) is 24.0 Å². The van der Waals surface area contributed by atoms with Crippen LogP contribution in [0.1, 0.15) is 18.4 Å². The molecule has 2 rings (SSSR count). The fourth-order valence-corrected chi connectivity index (χ4v) is 2.17. The van der Waals surface area contributed by atoms with Gasteiger partial charge in [0.25, 0.3) is 0 Å². The van der Waals surface area contributed by atoms with Gasteiger partial charge in [-0.25, -0.2) is 0 Å². The molecule has 0 bridgehead atoms. The highest BCUT2D eigenvalue weighted by Gasteiger charge is 2.11. The molecule has 1 aromatic heterocycles. The first-order valence-corrected chi connectivity index (χ1v) is 6.33. The van der Waals surface area contributed by atoms with E-state index in [1.54, 1.807) is 12.4 Å². The number of nitrogens with zero attached hydrogens (tertiary/aromatic N) is 2. The van der Waals surface area contributed by atoms with Crippen LogP contribution in [-0.4, -0.2) is 43.2 Å². The predicted molar refractivity (Wildman–Crippen MR) is 68.2 cm³/mol. The van der Waals surface area contributed by atoms with Gasteiger partial charge in [-0.2, -0.15) is 0 Å². The van der Waals surface area contributed by atoms with Crippen LogP contribution in [0.2, 0.25) is 0 Å². The van der Waals surface area contributed by atoms with E-state index >= 15 is 0 Å². The topological polar surface area (TPSA) is 37.4 Å². The zero-order chi connectivity index (χ0) is 11.9. The zero-order valence-corrected chi connectivity index (χ0v) is 10.5. The van der Waals surface area contributed by atoms with Crippen LogP contribution in [0.3, 0.4) is 0 Å². The number of hydrogen-bond acceptors (Lipinski definition) is 4. The molecule has 1 saturated heterocycles. The van der Waals surface area contributed by atoms with E-state index in [2.05, 4.69) is 15.2 Å². The first-order valence-electron chi connectivity index (χ1n) is 6.33. The van der Waals surface area contributed by atoms with Gasteiger partial charge in [-0.05, 0) is 39.0 Å². The van der Waals surface area contributed by atoms with E-state index < -0.39 is 0 Å². The number of hydrogen-bond donors (Lipinski definition) is 1. The number of pyridine rings is 1. The number of rotatable bonds is 6. The average molecular weight is 235 g/mol. The minimum Gasteiger partial charge on any atom is -0.490 e. The largest absolute Gasteiger partial charge is 0.490 e. The van der Waals surface area contributed by atoms with E-state index in [0.29, 0.717) is 0 Å². The standard InChI is InChI=1S/C13H21N3O/c1-14-10-12-4-5-15-11-13(12)17-9-8-16-6-2-3-7-16/h4-5,11,14H,2-3,6-10H2,1H3. The van der Waals surface area contributed by atoms with Gasteiger partial charge in [-0.3, -0.25) is 9.88 Å². The van der Waals surface area contributed by atoms with Gasteiger partial charge >= 0.3 is 0 Å². The molecule has 4 nitrogen and oxygen atoms in total. The van der Waals surface area contributed by atoms with Gasteiger partial charge in [0.15, 0.2) is 0 Å². The van der Waals surface area contributed by atoms with Gasteiger partial charge in [0, 0.05) is 24.8 Å². The second-order valence-corrected chi connectivity index (χ2v) is 4.41. The molecule has 0 saturated carbocycles. The maximum Gasteiger partial charge on any atom is 0.142 e. The summed E-state index contributed by atoms with van der Waals surface area (Å²) in [7, 11) is 1.94. The molecule has 1 aromatic rings. The van der Waals surface area contributed by atoms with Gasteiger partial charge in [0.2, 0.25) is 0 Å². The molecule has 4 heteroatoms. The van der Waals surface area contributed by atoms with E-state index in [0.717, 1.165) is 25.4 Å². The molecule has 1 aliphatic rings. The van der Waals surface area contributed by atoms with Crippen LogP contribution in [0, 0.1) is 0 Å². The van der Waals surface area contributed by atoms with Crippen molar-refractivity contribution < 1.29 is 4.74 Å². The molecule has 1 aliphatic heterocycles. The van der Waals surface area contributed by atoms with Gasteiger partial charge < -0.3 is 10.1 Å². The summed E-state index contributed by atoms with van der Waals surface area (Å²) < 4.78 is 5.81. The highest BCUT2D eigenvalue weighted by molar-refractivity contribution is 5.29. The number of likely N-dealkylation sites (tertiary alicyclic amines) is 1. The fourth-order valence-electron chi connectivity index (χ4n) is 2.17. The molecular weight excluding hydrogens is 214 g/mol. The minimum absolute atomic E-state index is 0.752. The Morgan fingerprint density at radius 3 is 3.00 bits per heavy atom. The van der Waals surface area contributed by atoms with Crippen LogP contribution in [0.15, 0.2) is 18.5 Å². The van der Waals surface area contributed by atoms with Crippen LogP contribution >= 0.6 is 0 Å². The zero-order valence-electron chi connectivity index (χ0n) is 10.5. The lowest BCUT2D eigenvalue weighted by Gasteiger charge is -2.16. The van der Waals surface area contributed by atoms with Crippen LogP contribution in [0.25, 0.3) is 0 Å². The smallest absolute Gasteiger partial charge is 0.142 e. The molecule has 94 valence electrons. The van der Waals surface area contributed by atoms with Crippen molar-refractivity contribution in [2.45, 2.75) is 19.4 Å². The molecule has 0 aromatic carbocycles. The van der Waals surface area contributed by atoms with Crippen molar-refractivity contribution in [2.24, 2.45) is 0 Å². The highest BCUT2D eigenvalue weighted by atomic mass is 16.5. The summed E-state index contributed by atoms with van der Waals surface area (Å²) in [6.07, 6.45) is 6.27. The average Bonchev–Trinajstić information content (AvgIpc) is 2.85. The summed E-state index contributed by atoms with van der Waals surface area (Å²) in [5.41, 5.74) is 1.17. The molecular formula is C13H21N3O. The van der Waals surface area contributed by atoms with Gasteiger partial charge in [-0.15, -0.1) is 0 Å². The molecule has 0 atom stereocenters. The molecule has 0 unspecified atom stereocenters. The van der Waals surface area contributed by atoms with Crippen molar-refractivity contribution in [1.82, 2.24) is 15.2 Å². The maximum absolute atomic E-state index is 5.81. The van der Waals surface area contributed by atoms with Crippen LogP contribution in [-0.2, 0) is 6.54 Å². The van der Waals surface area contributed by atoms with Crippen LogP contribution in [0.5, 0.6) is 5.75 Å². The van der Waals surface area contributed by atoms with Crippen LogP contribution in [0.4, 0.5) is 0 Å². The second-order valence-electron chi connectivity index (χ2n) is 4.41. The van der Waals surface area contributed by atoms with E-state index in [1.807, 2.05) is 13.1 Å². The summed E-state index contributed by atoms with van der Waals surface area (Å²) in [6.45, 7) is 5.04. The lowest BCUT2D eigenvalue weighted by molar-refractivity contribution is 0.235. The molecule has 1 fully saturated rings. The van der Waals surface area contributed by atoms with Crippen molar-refractivity contribution in [3.63, 3.8) is 0 Å². The van der Waals surface area contributed by atoms with Gasteiger partial charge in [-0.1, -0.05) is 0 Å². The number of aromatic nitrogens is 1. The lowest BCUT2D eigenvalue weighted by atomic mass is 10.2. The quantitative estimate of drug-likeness (QED) is 0.806. The first-order chi connectivity index (χ1) is 8.40. The summed E-state index contributed by atoms with van der Waals surface area (Å²) in [6, 6.07) is 2.00. The number of nitrogens with one attached hydrogen (secondary N) is 1. The maximum atomic E-state index is 5.81. The molecule has 0 radical (unpaired) electrons. The Morgan fingerprint density at radius 1 is 1.41 bits per heavy atom. The monoisotopic (exact) mass is 235 g/mol. The summed E-state index contributed by atoms with van der Waals surface area (Å²) >= 11 is 0. The first kappa shape index (κ1) is 12.3. The van der Waals surface area contributed by atoms with Crippen LogP contribution < -0.4 is 10.1 Å². The van der Waals surface area contributed by atoms with E-state index in [1.165, 1.54) is 31.5 Å². The third-order valence-electron chi connectivity index (χ3n) is 3.10. The summed E-state index contributed by atoms with van der Waals surface area (Å²) in [5.74, 6) is 0.904. The molecule has 0 spiro atoms.